The van der Waals surface area contributed by atoms with Gasteiger partial charge in [-0.05, 0) is 71.2 Å². The summed E-state index contributed by atoms with van der Waals surface area (Å²) in [5.41, 5.74) is 5.76. The number of nitrogens with one attached hydrogen (secondary N) is 1. The lowest BCUT2D eigenvalue weighted by Gasteiger charge is -2.14. The van der Waals surface area contributed by atoms with E-state index in [1.165, 1.54) is 12.1 Å². The van der Waals surface area contributed by atoms with E-state index in [2.05, 4.69) is 23.7 Å². The molecule has 0 amide bonds. The molecular formula is C24H18F3N. The van der Waals surface area contributed by atoms with E-state index in [0.717, 1.165) is 56.6 Å². The summed E-state index contributed by atoms with van der Waals surface area (Å²) in [7, 11) is 0. The highest BCUT2D eigenvalue weighted by Crippen LogP contribution is 2.37. The van der Waals surface area contributed by atoms with Crippen LogP contribution in [0.4, 0.5) is 13.2 Å². The zero-order valence-electron chi connectivity index (χ0n) is 15.3. The number of H-pyrrole nitrogens is 1. The van der Waals surface area contributed by atoms with Gasteiger partial charge >= 0.3 is 6.18 Å². The monoisotopic (exact) mass is 377 g/mol. The number of halogens is 3. The van der Waals surface area contributed by atoms with Crippen molar-refractivity contribution in [2.45, 2.75) is 13.1 Å². The summed E-state index contributed by atoms with van der Waals surface area (Å²) in [6, 6.07) is 13.5. The summed E-state index contributed by atoms with van der Waals surface area (Å²) in [6.07, 6.45) is 3.33. The maximum Gasteiger partial charge on any atom is 0.416 e. The molecule has 0 bridgehead atoms. The normalized spacial score (nSPS) is 14.8. The molecule has 0 aliphatic heterocycles. The molecule has 0 saturated heterocycles. The third-order valence-corrected chi connectivity index (χ3v) is 4.78. The molecule has 1 heterocycles. The zero-order chi connectivity index (χ0) is 19.9. The Labute approximate surface area is 161 Å². The quantitative estimate of drug-likeness (QED) is 0.491. The first-order chi connectivity index (χ1) is 13.3. The van der Waals surface area contributed by atoms with Gasteiger partial charge in [0.1, 0.15) is 0 Å². The number of aromatic amines is 1. The van der Waals surface area contributed by atoms with E-state index in [9.17, 15) is 13.2 Å². The van der Waals surface area contributed by atoms with E-state index in [1.54, 1.807) is 0 Å². The second-order valence-corrected chi connectivity index (χ2v) is 6.90. The van der Waals surface area contributed by atoms with E-state index in [1.807, 2.05) is 43.4 Å². The number of rotatable bonds is 2. The highest BCUT2D eigenvalue weighted by molar-refractivity contribution is 6.07. The van der Waals surface area contributed by atoms with Crippen LogP contribution in [0.1, 0.15) is 22.4 Å². The van der Waals surface area contributed by atoms with Crippen LogP contribution >= 0.6 is 0 Å². The van der Waals surface area contributed by atoms with Crippen LogP contribution in [0.25, 0.3) is 22.0 Å². The number of benzene rings is 2. The van der Waals surface area contributed by atoms with Crippen LogP contribution in [0.15, 0.2) is 85.0 Å². The van der Waals surface area contributed by atoms with E-state index < -0.39 is 11.7 Å². The summed E-state index contributed by atoms with van der Waals surface area (Å²) in [5, 5.41) is 1.09. The minimum absolute atomic E-state index is 0.655. The van der Waals surface area contributed by atoms with Crippen molar-refractivity contribution in [1.82, 2.24) is 4.98 Å². The van der Waals surface area contributed by atoms with Crippen molar-refractivity contribution in [2.24, 2.45) is 0 Å². The first-order valence-corrected chi connectivity index (χ1v) is 8.88. The molecular weight excluding hydrogens is 359 g/mol. The first-order valence-electron chi connectivity index (χ1n) is 8.88. The molecule has 0 radical (unpaired) electrons. The van der Waals surface area contributed by atoms with Gasteiger partial charge in [-0.3, -0.25) is 0 Å². The number of hydrogen-bond donors (Lipinski definition) is 1. The maximum atomic E-state index is 12.9. The highest BCUT2D eigenvalue weighted by atomic mass is 19.4. The Hall–Kier alpha value is -3.27. The van der Waals surface area contributed by atoms with E-state index in [0.29, 0.717) is 0 Å². The predicted molar refractivity (Wildman–Crippen MR) is 109 cm³/mol. The summed E-state index contributed by atoms with van der Waals surface area (Å²) < 4.78 is 38.8. The minimum Gasteiger partial charge on any atom is -0.359 e. The Balaban J connectivity index is 1.81. The van der Waals surface area contributed by atoms with Gasteiger partial charge in [0.2, 0.25) is 0 Å². The number of fused-ring (bicyclic) bond motifs is 1. The van der Waals surface area contributed by atoms with Crippen LogP contribution in [-0.2, 0) is 6.18 Å². The second-order valence-electron chi connectivity index (χ2n) is 6.90. The lowest BCUT2D eigenvalue weighted by molar-refractivity contribution is -0.137. The molecule has 28 heavy (non-hydrogen) atoms. The molecule has 2 aromatic carbocycles. The molecule has 4 rings (SSSR count). The fourth-order valence-electron chi connectivity index (χ4n) is 3.44. The van der Waals surface area contributed by atoms with Crippen molar-refractivity contribution in [1.29, 1.82) is 0 Å². The lowest BCUT2D eigenvalue weighted by atomic mass is 9.90. The number of aryl methyl sites for hydroxylation is 1. The number of hydrogen-bond acceptors (Lipinski definition) is 0. The lowest BCUT2D eigenvalue weighted by Crippen LogP contribution is -2.04. The average molecular weight is 377 g/mol. The Morgan fingerprint density at radius 3 is 2.32 bits per heavy atom. The molecule has 0 fully saturated rings. The fourth-order valence-corrected chi connectivity index (χ4v) is 3.44. The number of aromatic nitrogens is 1. The Kier molecular flexibility index (Phi) is 4.34. The summed E-state index contributed by atoms with van der Waals surface area (Å²) in [6.45, 7) is 6.01. The topological polar surface area (TPSA) is 15.8 Å². The largest absolute Gasteiger partial charge is 0.416 e. The molecule has 0 saturated carbocycles. The number of alkyl halides is 3. The molecule has 0 spiro atoms. The van der Waals surface area contributed by atoms with Gasteiger partial charge in [-0.1, -0.05) is 43.0 Å². The zero-order valence-corrected chi connectivity index (χ0v) is 15.3. The van der Waals surface area contributed by atoms with Crippen molar-refractivity contribution in [2.75, 3.05) is 0 Å². The molecule has 0 unspecified atom stereocenters. The van der Waals surface area contributed by atoms with Crippen LogP contribution in [0, 0.1) is 6.92 Å². The van der Waals surface area contributed by atoms with Crippen molar-refractivity contribution in [3.63, 3.8) is 0 Å². The smallest absolute Gasteiger partial charge is 0.359 e. The molecule has 0 atom stereocenters. The standard InChI is InChI=1S/C24H18F3N/c1-15-4-3-5-21(18-8-11-23-19(14-18)13-16(2)28-23)22(12-15)17-6-9-20(10-7-17)24(25,26)27/h3-14,28H,1H2,2H3. The van der Waals surface area contributed by atoms with Gasteiger partial charge < -0.3 is 4.98 Å². The van der Waals surface area contributed by atoms with Gasteiger partial charge in [0.25, 0.3) is 0 Å². The average Bonchev–Trinajstić information content (AvgIpc) is 2.90. The molecule has 140 valence electrons. The van der Waals surface area contributed by atoms with E-state index in [4.69, 9.17) is 0 Å². The number of allylic oxidation sites excluding steroid dienone is 7. The molecule has 1 N–H and O–H groups in total. The molecule has 1 aromatic heterocycles. The van der Waals surface area contributed by atoms with Crippen LogP contribution in [0.5, 0.6) is 0 Å². The Morgan fingerprint density at radius 2 is 1.61 bits per heavy atom. The van der Waals surface area contributed by atoms with Crippen molar-refractivity contribution in [3.8, 4) is 0 Å². The van der Waals surface area contributed by atoms with Gasteiger partial charge in [0.15, 0.2) is 0 Å². The fraction of sp³-hybridized carbons (Fsp3) is 0.0833. The molecule has 1 aliphatic rings. The maximum absolute atomic E-state index is 12.9. The SMILES string of the molecule is C=C1C=CC=C(c2ccc3[nH]c(C)cc3c2)C(c2ccc(C(F)(F)F)cc2)=C1. The second kappa shape index (κ2) is 6.71. The van der Waals surface area contributed by atoms with Crippen molar-refractivity contribution in [3.05, 3.63) is 107 Å². The van der Waals surface area contributed by atoms with E-state index in [-0.39, 0.29) is 0 Å². The molecule has 1 aliphatic carbocycles. The molecule has 1 nitrogen and oxygen atoms in total. The van der Waals surface area contributed by atoms with E-state index >= 15 is 0 Å². The first kappa shape index (κ1) is 18.1. The third kappa shape index (κ3) is 3.46. The van der Waals surface area contributed by atoms with Gasteiger partial charge in [0, 0.05) is 16.6 Å². The van der Waals surface area contributed by atoms with Gasteiger partial charge in [-0.15, -0.1) is 0 Å². The minimum atomic E-state index is -4.35. The van der Waals surface area contributed by atoms with Crippen LogP contribution in [-0.4, -0.2) is 4.98 Å². The van der Waals surface area contributed by atoms with Crippen LogP contribution < -0.4 is 0 Å². The third-order valence-electron chi connectivity index (χ3n) is 4.78. The van der Waals surface area contributed by atoms with Crippen LogP contribution in [0.3, 0.4) is 0 Å². The van der Waals surface area contributed by atoms with Crippen LogP contribution in [0.2, 0.25) is 0 Å². The van der Waals surface area contributed by atoms with Gasteiger partial charge in [-0.25, -0.2) is 0 Å². The Bertz CT molecular complexity index is 1150. The highest BCUT2D eigenvalue weighted by Gasteiger charge is 2.30. The summed E-state index contributed by atoms with van der Waals surface area (Å²) in [4.78, 5) is 3.30. The molecule has 3 aromatic rings. The summed E-state index contributed by atoms with van der Waals surface area (Å²) in [5.74, 6) is 0. The summed E-state index contributed by atoms with van der Waals surface area (Å²) >= 11 is 0. The van der Waals surface area contributed by atoms with Gasteiger partial charge in [-0.2, -0.15) is 13.2 Å². The predicted octanol–water partition coefficient (Wildman–Crippen LogP) is 7.09. The van der Waals surface area contributed by atoms with Crippen molar-refractivity contribution >= 4 is 22.0 Å². The molecule has 4 heteroatoms. The van der Waals surface area contributed by atoms with Crippen molar-refractivity contribution < 1.29 is 13.2 Å². The Morgan fingerprint density at radius 1 is 0.893 bits per heavy atom. The van der Waals surface area contributed by atoms with Gasteiger partial charge in [0.05, 0.1) is 5.56 Å².